The fourth-order valence-corrected chi connectivity index (χ4v) is 3.17. The molecule has 0 saturated carbocycles. The summed E-state index contributed by atoms with van der Waals surface area (Å²) in [6.07, 6.45) is 1.70. The second kappa shape index (κ2) is 8.45. The van der Waals surface area contributed by atoms with E-state index in [9.17, 15) is 4.79 Å². The molecule has 0 aliphatic carbocycles. The molecule has 0 unspecified atom stereocenters. The van der Waals surface area contributed by atoms with Crippen molar-refractivity contribution >= 4 is 17.5 Å². The van der Waals surface area contributed by atoms with E-state index >= 15 is 0 Å². The first-order valence-electron chi connectivity index (χ1n) is 9.50. The molecule has 0 fully saturated rings. The molecule has 6 nitrogen and oxygen atoms in total. The van der Waals surface area contributed by atoms with Gasteiger partial charge in [0.05, 0.1) is 5.69 Å². The first kappa shape index (κ1) is 19.1. The lowest BCUT2D eigenvalue weighted by Crippen LogP contribution is -2.10. The highest BCUT2D eigenvalue weighted by Crippen LogP contribution is 2.23. The number of carbonyl (C=O) groups excluding carboxylic acids is 1. The fourth-order valence-electron chi connectivity index (χ4n) is 3.17. The third-order valence-corrected chi connectivity index (χ3v) is 4.72. The van der Waals surface area contributed by atoms with Crippen molar-refractivity contribution in [2.75, 3.05) is 11.1 Å². The Morgan fingerprint density at radius 3 is 2.33 bits per heavy atom. The number of aromatic nitrogens is 2. The van der Waals surface area contributed by atoms with Crippen LogP contribution in [0.5, 0.6) is 0 Å². The van der Waals surface area contributed by atoms with E-state index in [2.05, 4.69) is 33.5 Å². The number of hydrogen-bond donors (Lipinski definition) is 3. The highest BCUT2D eigenvalue weighted by atomic mass is 16.1. The van der Waals surface area contributed by atoms with Gasteiger partial charge in [-0.25, -0.2) is 9.97 Å². The summed E-state index contributed by atoms with van der Waals surface area (Å²) in [6, 6.07) is 24.9. The van der Waals surface area contributed by atoms with Crippen molar-refractivity contribution in [3.8, 4) is 22.4 Å². The quantitative estimate of drug-likeness (QED) is 0.426. The Labute approximate surface area is 174 Å². The molecular formula is C24H21N5O. The zero-order valence-electron chi connectivity index (χ0n) is 16.2. The molecular weight excluding hydrogens is 374 g/mol. The van der Waals surface area contributed by atoms with E-state index in [1.165, 1.54) is 0 Å². The van der Waals surface area contributed by atoms with Gasteiger partial charge in [0.25, 0.3) is 0 Å². The Kier molecular flexibility index (Phi) is 5.39. The van der Waals surface area contributed by atoms with Crippen LogP contribution in [0.1, 0.15) is 15.9 Å². The van der Waals surface area contributed by atoms with Crippen molar-refractivity contribution in [1.29, 1.82) is 0 Å². The number of amides is 1. The summed E-state index contributed by atoms with van der Waals surface area (Å²) in [5.41, 5.74) is 17.3. The number of nitrogens with zero attached hydrogens (tertiary/aromatic N) is 2. The van der Waals surface area contributed by atoms with E-state index in [-0.39, 0.29) is 0 Å². The van der Waals surface area contributed by atoms with Crippen LogP contribution in [0.2, 0.25) is 0 Å². The fraction of sp³-hybridized carbons (Fsp3) is 0.0417. The molecule has 1 heterocycles. The van der Waals surface area contributed by atoms with Crippen LogP contribution in [0.25, 0.3) is 22.4 Å². The van der Waals surface area contributed by atoms with E-state index in [0.29, 0.717) is 18.1 Å². The summed E-state index contributed by atoms with van der Waals surface area (Å²) in [5.74, 6) is 0.0767. The SMILES string of the molecule is NC(=O)c1ccc(-c2ccnc(NCc3cccc(-c4cccc(N)c4)c3)n2)cc1. The van der Waals surface area contributed by atoms with E-state index < -0.39 is 5.91 Å². The van der Waals surface area contributed by atoms with Gasteiger partial charge in [0.15, 0.2) is 0 Å². The van der Waals surface area contributed by atoms with Crippen LogP contribution in [0.3, 0.4) is 0 Å². The van der Waals surface area contributed by atoms with Crippen LogP contribution >= 0.6 is 0 Å². The van der Waals surface area contributed by atoms with Gasteiger partial charge < -0.3 is 16.8 Å². The molecule has 30 heavy (non-hydrogen) atoms. The Morgan fingerprint density at radius 1 is 0.867 bits per heavy atom. The van der Waals surface area contributed by atoms with Gasteiger partial charge in [-0.2, -0.15) is 0 Å². The van der Waals surface area contributed by atoms with Gasteiger partial charge in [0.1, 0.15) is 0 Å². The molecule has 4 aromatic rings. The molecule has 0 atom stereocenters. The molecule has 0 saturated heterocycles. The number of rotatable bonds is 6. The van der Waals surface area contributed by atoms with E-state index in [1.54, 1.807) is 18.3 Å². The molecule has 0 bridgehead atoms. The number of carbonyl (C=O) groups is 1. The maximum atomic E-state index is 11.2. The lowest BCUT2D eigenvalue weighted by molar-refractivity contribution is 0.100. The largest absolute Gasteiger partial charge is 0.399 e. The summed E-state index contributed by atoms with van der Waals surface area (Å²) >= 11 is 0. The van der Waals surface area contributed by atoms with Crippen molar-refractivity contribution < 1.29 is 4.79 Å². The van der Waals surface area contributed by atoms with Crippen molar-refractivity contribution in [3.05, 3.63) is 96.2 Å². The van der Waals surface area contributed by atoms with Crippen LogP contribution in [-0.2, 0) is 6.54 Å². The second-order valence-corrected chi connectivity index (χ2v) is 6.89. The van der Waals surface area contributed by atoms with Crippen LogP contribution in [-0.4, -0.2) is 15.9 Å². The van der Waals surface area contributed by atoms with Gasteiger partial charge in [0.2, 0.25) is 11.9 Å². The average molecular weight is 395 g/mol. The van der Waals surface area contributed by atoms with E-state index in [4.69, 9.17) is 11.5 Å². The number of nitrogens with one attached hydrogen (secondary N) is 1. The van der Waals surface area contributed by atoms with Crippen molar-refractivity contribution in [2.24, 2.45) is 5.73 Å². The molecule has 3 aromatic carbocycles. The molecule has 0 aliphatic heterocycles. The summed E-state index contributed by atoms with van der Waals surface area (Å²) in [6.45, 7) is 0.584. The van der Waals surface area contributed by atoms with Gasteiger partial charge in [-0.15, -0.1) is 0 Å². The van der Waals surface area contributed by atoms with E-state index in [1.807, 2.05) is 48.5 Å². The lowest BCUT2D eigenvalue weighted by atomic mass is 10.0. The zero-order chi connectivity index (χ0) is 20.9. The zero-order valence-corrected chi connectivity index (χ0v) is 16.2. The third kappa shape index (κ3) is 4.44. The minimum atomic E-state index is -0.452. The Bertz CT molecular complexity index is 1190. The maximum Gasteiger partial charge on any atom is 0.248 e. The molecule has 5 N–H and O–H groups in total. The Morgan fingerprint density at radius 2 is 1.60 bits per heavy atom. The van der Waals surface area contributed by atoms with Gasteiger partial charge in [-0.05, 0) is 53.1 Å². The molecule has 6 heteroatoms. The predicted octanol–water partition coefficient (Wildman–Crippen LogP) is 4.10. The van der Waals surface area contributed by atoms with Crippen LogP contribution in [0, 0.1) is 0 Å². The molecule has 1 amide bonds. The predicted molar refractivity (Wildman–Crippen MR) is 120 cm³/mol. The first-order chi connectivity index (χ1) is 14.6. The van der Waals surface area contributed by atoms with Crippen LogP contribution in [0.15, 0.2) is 85.1 Å². The third-order valence-electron chi connectivity index (χ3n) is 4.72. The van der Waals surface area contributed by atoms with E-state index in [0.717, 1.165) is 33.6 Å². The summed E-state index contributed by atoms with van der Waals surface area (Å²) < 4.78 is 0. The summed E-state index contributed by atoms with van der Waals surface area (Å²) in [5, 5.41) is 3.27. The minimum absolute atomic E-state index is 0.452. The van der Waals surface area contributed by atoms with Crippen molar-refractivity contribution in [2.45, 2.75) is 6.54 Å². The number of nitrogen functional groups attached to an aromatic ring is 1. The lowest BCUT2D eigenvalue weighted by Gasteiger charge is -2.09. The minimum Gasteiger partial charge on any atom is -0.399 e. The second-order valence-electron chi connectivity index (χ2n) is 6.89. The van der Waals surface area contributed by atoms with Gasteiger partial charge in [0, 0.05) is 29.6 Å². The number of primary amides is 1. The van der Waals surface area contributed by atoms with Crippen LogP contribution < -0.4 is 16.8 Å². The molecule has 1 aromatic heterocycles. The summed E-state index contributed by atoms with van der Waals surface area (Å²) in [7, 11) is 0. The maximum absolute atomic E-state index is 11.2. The topological polar surface area (TPSA) is 107 Å². The molecule has 4 rings (SSSR count). The van der Waals surface area contributed by atoms with Crippen molar-refractivity contribution in [1.82, 2.24) is 9.97 Å². The summed E-state index contributed by atoms with van der Waals surface area (Å²) in [4.78, 5) is 20.1. The van der Waals surface area contributed by atoms with Gasteiger partial charge in [-0.1, -0.05) is 42.5 Å². The first-order valence-corrected chi connectivity index (χ1v) is 9.50. The molecule has 0 aliphatic rings. The normalized spacial score (nSPS) is 10.5. The van der Waals surface area contributed by atoms with Crippen LogP contribution in [0.4, 0.5) is 11.6 Å². The number of benzene rings is 3. The molecule has 148 valence electrons. The molecule has 0 radical (unpaired) electrons. The number of hydrogen-bond acceptors (Lipinski definition) is 5. The van der Waals surface area contributed by atoms with Gasteiger partial charge >= 0.3 is 0 Å². The highest BCUT2D eigenvalue weighted by Gasteiger charge is 2.05. The van der Waals surface area contributed by atoms with Crippen molar-refractivity contribution in [3.63, 3.8) is 0 Å². The Balaban J connectivity index is 1.49. The Hall–Kier alpha value is -4.19. The smallest absolute Gasteiger partial charge is 0.248 e. The monoisotopic (exact) mass is 395 g/mol. The standard InChI is InChI=1S/C24H21N5O/c25-21-6-2-5-20(14-21)19-4-1-3-16(13-19)15-28-24-27-12-11-22(29-24)17-7-9-18(10-8-17)23(26)30/h1-14H,15,25H2,(H2,26,30)(H,27,28,29). The molecule has 0 spiro atoms. The highest BCUT2D eigenvalue weighted by molar-refractivity contribution is 5.93. The average Bonchev–Trinajstić information content (AvgIpc) is 2.78. The number of anilines is 2. The van der Waals surface area contributed by atoms with Gasteiger partial charge in [-0.3, -0.25) is 4.79 Å². The number of nitrogens with two attached hydrogens (primary N) is 2.